The Labute approximate surface area is 87.1 Å². The van der Waals surface area contributed by atoms with Crippen molar-refractivity contribution < 1.29 is 0 Å². The van der Waals surface area contributed by atoms with Crippen molar-refractivity contribution in [1.29, 1.82) is 0 Å². The Bertz CT molecular complexity index is 280. The quantitative estimate of drug-likeness (QED) is 0.759. The molecule has 0 fully saturated rings. The second kappa shape index (κ2) is 5.19. The molecule has 0 atom stereocenters. The lowest BCUT2D eigenvalue weighted by Gasteiger charge is -2.06. The van der Waals surface area contributed by atoms with Crippen LogP contribution in [0, 0.1) is 0 Å². The molecule has 0 aliphatic carbocycles. The van der Waals surface area contributed by atoms with E-state index in [0.29, 0.717) is 16.5 Å². The Kier molecular flexibility index (Phi) is 4.18. The van der Waals surface area contributed by atoms with Crippen LogP contribution >= 0.6 is 23.4 Å². The Hall–Kier alpha value is -0.610. The van der Waals surface area contributed by atoms with Crippen LogP contribution in [0.25, 0.3) is 0 Å². The van der Waals surface area contributed by atoms with Crippen LogP contribution in [-0.4, -0.2) is 23.5 Å². The van der Waals surface area contributed by atoms with E-state index in [4.69, 9.17) is 17.3 Å². The Balaban J connectivity index is 2.56. The smallest absolute Gasteiger partial charge is 0.149 e. The van der Waals surface area contributed by atoms with Gasteiger partial charge in [0, 0.05) is 18.5 Å². The van der Waals surface area contributed by atoms with E-state index in [1.165, 1.54) is 0 Å². The Morgan fingerprint density at radius 1 is 1.69 bits per heavy atom. The summed E-state index contributed by atoms with van der Waals surface area (Å²) in [5.74, 6) is 1.74. The van der Waals surface area contributed by atoms with E-state index in [0.717, 1.165) is 12.3 Å². The van der Waals surface area contributed by atoms with Gasteiger partial charge in [-0.2, -0.15) is 11.8 Å². The molecule has 0 radical (unpaired) electrons. The summed E-state index contributed by atoms with van der Waals surface area (Å²) in [7, 11) is 0. The van der Waals surface area contributed by atoms with Gasteiger partial charge in [0.05, 0.1) is 10.7 Å². The van der Waals surface area contributed by atoms with Gasteiger partial charge < -0.3 is 11.1 Å². The van der Waals surface area contributed by atoms with Crippen molar-refractivity contribution in [1.82, 2.24) is 4.98 Å². The van der Waals surface area contributed by atoms with Crippen LogP contribution in [0.15, 0.2) is 12.3 Å². The maximum absolute atomic E-state index is 5.70. The van der Waals surface area contributed by atoms with Crippen molar-refractivity contribution in [3.8, 4) is 0 Å². The summed E-state index contributed by atoms with van der Waals surface area (Å²) in [6, 6.07) is 1.69. The Morgan fingerprint density at radius 2 is 2.46 bits per heavy atom. The third-order valence-corrected chi connectivity index (χ3v) is 2.30. The Morgan fingerprint density at radius 3 is 3.08 bits per heavy atom. The highest BCUT2D eigenvalue weighted by atomic mass is 35.5. The summed E-state index contributed by atoms with van der Waals surface area (Å²) < 4.78 is 0. The molecule has 1 aromatic rings. The molecule has 0 aliphatic heterocycles. The molecule has 13 heavy (non-hydrogen) atoms. The van der Waals surface area contributed by atoms with E-state index in [1.807, 2.05) is 0 Å². The van der Waals surface area contributed by atoms with Crippen LogP contribution in [-0.2, 0) is 0 Å². The van der Waals surface area contributed by atoms with Crippen LogP contribution in [0.2, 0.25) is 5.02 Å². The summed E-state index contributed by atoms with van der Waals surface area (Å²) in [4.78, 5) is 4.07. The third-order valence-electron chi connectivity index (χ3n) is 1.48. The SMILES string of the molecule is CSCCNc1ncc(Cl)cc1N. The molecule has 0 saturated carbocycles. The highest BCUT2D eigenvalue weighted by molar-refractivity contribution is 7.98. The van der Waals surface area contributed by atoms with Gasteiger partial charge in [0.25, 0.3) is 0 Å². The molecule has 1 heterocycles. The van der Waals surface area contributed by atoms with Crippen molar-refractivity contribution in [2.45, 2.75) is 0 Å². The number of nitrogens with zero attached hydrogens (tertiary/aromatic N) is 1. The number of nitrogen functional groups attached to an aromatic ring is 1. The number of rotatable bonds is 4. The first-order chi connectivity index (χ1) is 6.24. The molecule has 1 aromatic heterocycles. The summed E-state index contributed by atoms with van der Waals surface area (Å²) in [6.07, 6.45) is 3.64. The molecule has 0 aromatic carbocycles. The van der Waals surface area contributed by atoms with Gasteiger partial charge >= 0.3 is 0 Å². The standard InChI is InChI=1S/C8H12ClN3S/c1-13-3-2-11-8-7(10)4-6(9)5-12-8/h4-5H,2-3,10H2,1H3,(H,11,12). The molecule has 0 amide bonds. The van der Waals surface area contributed by atoms with Crippen molar-refractivity contribution >= 4 is 34.9 Å². The molecule has 1 rings (SSSR count). The fraction of sp³-hybridized carbons (Fsp3) is 0.375. The number of pyridine rings is 1. The molecular formula is C8H12ClN3S. The zero-order valence-electron chi connectivity index (χ0n) is 7.38. The summed E-state index contributed by atoms with van der Waals surface area (Å²) >= 11 is 7.48. The van der Waals surface area contributed by atoms with Crippen LogP contribution in [0.3, 0.4) is 0 Å². The van der Waals surface area contributed by atoms with E-state index in [-0.39, 0.29) is 0 Å². The van der Waals surface area contributed by atoms with E-state index in [1.54, 1.807) is 24.0 Å². The zero-order chi connectivity index (χ0) is 9.68. The second-order valence-corrected chi connectivity index (χ2v) is 3.93. The number of hydrogen-bond donors (Lipinski definition) is 2. The van der Waals surface area contributed by atoms with Gasteiger partial charge in [-0.3, -0.25) is 0 Å². The molecule has 0 saturated heterocycles. The van der Waals surface area contributed by atoms with Crippen LogP contribution in [0.1, 0.15) is 0 Å². The van der Waals surface area contributed by atoms with Gasteiger partial charge in [-0.05, 0) is 12.3 Å². The van der Waals surface area contributed by atoms with Crippen LogP contribution < -0.4 is 11.1 Å². The number of aromatic nitrogens is 1. The van der Waals surface area contributed by atoms with E-state index in [2.05, 4.69) is 16.6 Å². The number of halogens is 1. The molecule has 3 nitrogen and oxygen atoms in total. The normalized spacial score (nSPS) is 10.0. The van der Waals surface area contributed by atoms with Gasteiger partial charge in [-0.15, -0.1) is 0 Å². The monoisotopic (exact) mass is 217 g/mol. The molecule has 3 N–H and O–H groups in total. The van der Waals surface area contributed by atoms with Gasteiger partial charge in [0.1, 0.15) is 5.82 Å². The van der Waals surface area contributed by atoms with Gasteiger partial charge in [0.15, 0.2) is 0 Å². The summed E-state index contributed by atoms with van der Waals surface area (Å²) in [5.41, 5.74) is 6.28. The lowest BCUT2D eigenvalue weighted by molar-refractivity contribution is 1.17. The predicted molar refractivity (Wildman–Crippen MR) is 60.5 cm³/mol. The van der Waals surface area contributed by atoms with Crippen LogP contribution in [0.5, 0.6) is 0 Å². The minimum Gasteiger partial charge on any atom is -0.396 e. The maximum Gasteiger partial charge on any atom is 0.149 e. The number of hydrogen-bond acceptors (Lipinski definition) is 4. The predicted octanol–water partition coefficient (Wildman–Crippen LogP) is 2.09. The first-order valence-corrected chi connectivity index (χ1v) is 5.65. The van der Waals surface area contributed by atoms with Crippen LogP contribution in [0.4, 0.5) is 11.5 Å². The first kappa shape index (κ1) is 10.5. The molecule has 0 spiro atoms. The number of thioether (sulfide) groups is 1. The average molecular weight is 218 g/mol. The molecule has 72 valence electrons. The molecular weight excluding hydrogens is 206 g/mol. The summed E-state index contributed by atoms with van der Waals surface area (Å²) in [6.45, 7) is 0.861. The van der Waals surface area contributed by atoms with Crippen molar-refractivity contribution in [3.05, 3.63) is 17.3 Å². The van der Waals surface area contributed by atoms with Gasteiger partial charge in [-0.1, -0.05) is 11.6 Å². The average Bonchev–Trinajstić information content (AvgIpc) is 2.09. The highest BCUT2D eigenvalue weighted by Gasteiger charge is 1.99. The van der Waals surface area contributed by atoms with E-state index < -0.39 is 0 Å². The fourth-order valence-electron chi connectivity index (χ4n) is 0.874. The fourth-order valence-corrected chi connectivity index (χ4v) is 1.35. The lowest BCUT2D eigenvalue weighted by Crippen LogP contribution is -2.07. The maximum atomic E-state index is 5.70. The zero-order valence-corrected chi connectivity index (χ0v) is 8.95. The molecule has 0 aliphatic rings. The topological polar surface area (TPSA) is 50.9 Å². The third kappa shape index (κ3) is 3.32. The van der Waals surface area contributed by atoms with Gasteiger partial charge in [0.2, 0.25) is 0 Å². The van der Waals surface area contributed by atoms with Gasteiger partial charge in [-0.25, -0.2) is 4.98 Å². The van der Waals surface area contributed by atoms with Crippen molar-refractivity contribution in [2.75, 3.05) is 29.6 Å². The molecule has 0 bridgehead atoms. The van der Waals surface area contributed by atoms with E-state index in [9.17, 15) is 0 Å². The second-order valence-electron chi connectivity index (χ2n) is 2.51. The highest BCUT2D eigenvalue weighted by Crippen LogP contribution is 2.18. The molecule has 0 unspecified atom stereocenters. The summed E-state index contributed by atoms with van der Waals surface area (Å²) in [5, 5.41) is 3.69. The molecule has 5 heteroatoms. The van der Waals surface area contributed by atoms with Crippen molar-refractivity contribution in [2.24, 2.45) is 0 Å². The lowest BCUT2D eigenvalue weighted by atomic mass is 10.4. The minimum atomic E-state index is 0.563. The number of anilines is 2. The number of nitrogens with two attached hydrogens (primary N) is 1. The first-order valence-electron chi connectivity index (χ1n) is 3.88. The largest absolute Gasteiger partial charge is 0.396 e. The number of nitrogens with one attached hydrogen (secondary N) is 1. The minimum absolute atomic E-state index is 0.563. The van der Waals surface area contributed by atoms with E-state index >= 15 is 0 Å². The van der Waals surface area contributed by atoms with Crippen molar-refractivity contribution in [3.63, 3.8) is 0 Å².